The SMILES string of the molecule is O=C(O)CCCn1nnc(C(=O)O)c1-c1ccncc1. The first-order valence-corrected chi connectivity index (χ1v) is 5.88. The summed E-state index contributed by atoms with van der Waals surface area (Å²) in [6.45, 7) is 0.282. The van der Waals surface area contributed by atoms with Gasteiger partial charge in [0.25, 0.3) is 0 Å². The van der Waals surface area contributed by atoms with Gasteiger partial charge < -0.3 is 10.2 Å². The molecule has 0 bridgehead atoms. The predicted octanol–water partition coefficient (Wildman–Crippen LogP) is 0.903. The van der Waals surface area contributed by atoms with Crippen LogP contribution in [0.3, 0.4) is 0 Å². The van der Waals surface area contributed by atoms with Gasteiger partial charge in [0, 0.05) is 30.9 Å². The van der Waals surface area contributed by atoms with Crippen molar-refractivity contribution in [1.82, 2.24) is 20.0 Å². The number of hydrogen-bond donors (Lipinski definition) is 2. The molecule has 8 nitrogen and oxygen atoms in total. The molecular weight excluding hydrogens is 264 g/mol. The normalized spacial score (nSPS) is 10.4. The zero-order valence-electron chi connectivity index (χ0n) is 10.4. The fourth-order valence-corrected chi connectivity index (χ4v) is 1.79. The van der Waals surface area contributed by atoms with Crippen molar-refractivity contribution in [2.75, 3.05) is 0 Å². The zero-order valence-corrected chi connectivity index (χ0v) is 10.4. The summed E-state index contributed by atoms with van der Waals surface area (Å²) in [4.78, 5) is 25.5. The Kier molecular flexibility index (Phi) is 4.04. The van der Waals surface area contributed by atoms with Crippen LogP contribution in [0.5, 0.6) is 0 Å². The number of carbonyl (C=O) groups is 2. The van der Waals surface area contributed by atoms with E-state index < -0.39 is 11.9 Å². The van der Waals surface area contributed by atoms with Crippen LogP contribution in [-0.2, 0) is 11.3 Å². The second kappa shape index (κ2) is 5.91. The first-order valence-electron chi connectivity index (χ1n) is 5.88. The van der Waals surface area contributed by atoms with Crippen LogP contribution < -0.4 is 0 Å². The zero-order chi connectivity index (χ0) is 14.5. The molecule has 2 N–H and O–H groups in total. The number of carboxylic acids is 2. The molecule has 0 amide bonds. The highest BCUT2D eigenvalue weighted by Gasteiger charge is 2.20. The summed E-state index contributed by atoms with van der Waals surface area (Å²) in [5, 5.41) is 25.2. The Labute approximate surface area is 113 Å². The van der Waals surface area contributed by atoms with Crippen LogP contribution in [-0.4, -0.2) is 42.1 Å². The van der Waals surface area contributed by atoms with Gasteiger partial charge in [0.1, 0.15) is 5.69 Å². The average molecular weight is 276 g/mol. The Morgan fingerprint density at radius 1 is 1.20 bits per heavy atom. The molecule has 2 aromatic heterocycles. The molecule has 8 heteroatoms. The van der Waals surface area contributed by atoms with Gasteiger partial charge >= 0.3 is 11.9 Å². The molecule has 0 aliphatic heterocycles. The first kappa shape index (κ1) is 13.7. The van der Waals surface area contributed by atoms with Crippen LogP contribution in [0.25, 0.3) is 11.3 Å². The second-order valence-electron chi connectivity index (χ2n) is 4.05. The maximum absolute atomic E-state index is 11.2. The summed E-state index contributed by atoms with van der Waals surface area (Å²) in [6.07, 6.45) is 3.40. The Morgan fingerprint density at radius 2 is 1.90 bits per heavy atom. The smallest absolute Gasteiger partial charge is 0.358 e. The Hall–Kier alpha value is -2.77. The van der Waals surface area contributed by atoms with Gasteiger partial charge in [-0.2, -0.15) is 0 Å². The first-order chi connectivity index (χ1) is 9.59. The van der Waals surface area contributed by atoms with E-state index in [-0.39, 0.29) is 18.7 Å². The minimum atomic E-state index is -1.18. The molecule has 0 saturated heterocycles. The van der Waals surface area contributed by atoms with Crippen molar-refractivity contribution in [2.45, 2.75) is 19.4 Å². The average Bonchev–Trinajstić information content (AvgIpc) is 2.83. The van der Waals surface area contributed by atoms with Gasteiger partial charge in [-0.1, -0.05) is 5.21 Å². The van der Waals surface area contributed by atoms with Crippen LogP contribution in [0, 0.1) is 0 Å². The Bertz CT molecular complexity index is 624. The third kappa shape index (κ3) is 2.97. The van der Waals surface area contributed by atoms with E-state index in [9.17, 15) is 9.59 Å². The van der Waals surface area contributed by atoms with Gasteiger partial charge in [0.15, 0.2) is 5.69 Å². The number of rotatable bonds is 6. The summed E-state index contributed by atoms with van der Waals surface area (Å²) in [7, 11) is 0. The lowest BCUT2D eigenvalue weighted by atomic mass is 10.1. The highest BCUT2D eigenvalue weighted by Crippen LogP contribution is 2.21. The molecular formula is C12H12N4O4. The van der Waals surface area contributed by atoms with Crippen LogP contribution in [0.1, 0.15) is 23.3 Å². The molecule has 2 aromatic rings. The van der Waals surface area contributed by atoms with Gasteiger partial charge in [-0.15, -0.1) is 5.10 Å². The molecule has 0 unspecified atom stereocenters. The van der Waals surface area contributed by atoms with E-state index in [0.717, 1.165) is 0 Å². The second-order valence-corrected chi connectivity index (χ2v) is 4.05. The molecule has 104 valence electrons. The third-order valence-corrected chi connectivity index (χ3v) is 2.65. The molecule has 0 spiro atoms. The highest BCUT2D eigenvalue weighted by molar-refractivity contribution is 5.92. The summed E-state index contributed by atoms with van der Waals surface area (Å²) in [6, 6.07) is 3.30. The van der Waals surface area contributed by atoms with Crippen LogP contribution in [0.15, 0.2) is 24.5 Å². The van der Waals surface area contributed by atoms with E-state index in [1.165, 1.54) is 17.1 Å². The van der Waals surface area contributed by atoms with Crippen molar-refractivity contribution >= 4 is 11.9 Å². The van der Waals surface area contributed by atoms with Gasteiger partial charge in [0.05, 0.1) is 0 Å². The minimum absolute atomic E-state index is 0.0158. The largest absolute Gasteiger partial charge is 0.481 e. The van der Waals surface area contributed by atoms with Gasteiger partial charge in [-0.05, 0) is 18.6 Å². The van der Waals surface area contributed by atoms with Gasteiger partial charge in [0.2, 0.25) is 0 Å². The van der Waals surface area contributed by atoms with E-state index >= 15 is 0 Å². The molecule has 2 rings (SSSR count). The number of hydrogen-bond acceptors (Lipinski definition) is 5. The van der Waals surface area contributed by atoms with Crippen molar-refractivity contribution in [1.29, 1.82) is 0 Å². The lowest BCUT2D eigenvalue weighted by Gasteiger charge is -2.06. The summed E-state index contributed by atoms with van der Waals surface area (Å²) in [5.41, 5.74) is 0.814. The number of carboxylic acid groups (broad SMARTS) is 2. The van der Waals surface area contributed by atoms with E-state index in [1.54, 1.807) is 12.1 Å². The summed E-state index contributed by atoms with van der Waals surface area (Å²) in [5.74, 6) is -2.09. The number of aryl methyl sites for hydroxylation is 1. The molecule has 0 aliphatic carbocycles. The number of aromatic carboxylic acids is 1. The fourth-order valence-electron chi connectivity index (χ4n) is 1.79. The topological polar surface area (TPSA) is 118 Å². The van der Waals surface area contributed by atoms with Crippen LogP contribution in [0.4, 0.5) is 0 Å². The number of pyridine rings is 1. The summed E-state index contributed by atoms with van der Waals surface area (Å²) < 4.78 is 1.40. The standard InChI is InChI=1S/C12H12N4O4/c17-9(18)2-1-7-16-11(8-3-5-13-6-4-8)10(12(19)20)14-15-16/h3-6H,1-2,7H2,(H,17,18)(H,19,20). The summed E-state index contributed by atoms with van der Waals surface area (Å²) >= 11 is 0. The molecule has 0 atom stereocenters. The Balaban J connectivity index is 2.33. The molecule has 2 heterocycles. The highest BCUT2D eigenvalue weighted by atomic mass is 16.4. The Morgan fingerprint density at radius 3 is 2.50 bits per heavy atom. The lowest BCUT2D eigenvalue weighted by Crippen LogP contribution is -2.07. The number of aliphatic carboxylic acids is 1. The van der Waals surface area contributed by atoms with Gasteiger partial charge in [-0.25, -0.2) is 9.48 Å². The molecule has 0 aliphatic rings. The third-order valence-electron chi connectivity index (χ3n) is 2.65. The van der Waals surface area contributed by atoms with Crippen molar-refractivity contribution in [3.8, 4) is 11.3 Å². The van der Waals surface area contributed by atoms with Crippen LogP contribution >= 0.6 is 0 Å². The van der Waals surface area contributed by atoms with Crippen molar-refractivity contribution in [3.63, 3.8) is 0 Å². The quantitative estimate of drug-likeness (QED) is 0.804. The maximum atomic E-state index is 11.2. The van der Waals surface area contributed by atoms with Crippen LogP contribution in [0.2, 0.25) is 0 Å². The van der Waals surface area contributed by atoms with E-state index in [2.05, 4.69) is 15.3 Å². The lowest BCUT2D eigenvalue weighted by molar-refractivity contribution is -0.137. The molecule has 0 saturated carbocycles. The van der Waals surface area contributed by atoms with Crippen molar-refractivity contribution in [2.24, 2.45) is 0 Å². The van der Waals surface area contributed by atoms with E-state index in [0.29, 0.717) is 17.7 Å². The van der Waals surface area contributed by atoms with Crippen molar-refractivity contribution < 1.29 is 19.8 Å². The van der Waals surface area contributed by atoms with E-state index in [4.69, 9.17) is 10.2 Å². The maximum Gasteiger partial charge on any atom is 0.358 e. The number of aromatic nitrogens is 4. The minimum Gasteiger partial charge on any atom is -0.481 e. The molecule has 0 radical (unpaired) electrons. The van der Waals surface area contributed by atoms with Gasteiger partial charge in [-0.3, -0.25) is 9.78 Å². The molecule has 20 heavy (non-hydrogen) atoms. The van der Waals surface area contributed by atoms with Crippen molar-refractivity contribution in [3.05, 3.63) is 30.2 Å². The monoisotopic (exact) mass is 276 g/mol. The molecule has 0 aromatic carbocycles. The number of nitrogens with zero attached hydrogens (tertiary/aromatic N) is 4. The fraction of sp³-hybridized carbons (Fsp3) is 0.250. The van der Waals surface area contributed by atoms with E-state index in [1.807, 2.05) is 0 Å². The molecule has 0 fully saturated rings. The predicted molar refractivity (Wildman–Crippen MR) is 67.1 cm³/mol.